The highest BCUT2D eigenvalue weighted by Gasteiger charge is 2.24. The van der Waals surface area contributed by atoms with Crippen LogP contribution >= 0.6 is 0 Å². The number of hydrogen-bond acceptors (Lipinski definition) is 4. The molecular weight excluding hydrogens is 416 g/mol. The molecule has 2 aromatic carbocycles. The van der Waals surface area contributed by atoms with Crippen LogP contribution in [0.5, 0.6) is 0 Å². The Labute approximate surface area is 194 Å². The smallest absolute Gasteiger partial charge is 0.242 e. The average Bonchev–Trinajstić information content (AvgIpc) is 2.81. The summed E-state index contributed by atoms with van der Waals surface area (Å²) in [5.74, 6) is -0.757. The van der Waals surface area contributed by atoms with Gasteiger partial charge in [-0.05, 0) is 39.9 Å². The van der Waals surface area contributed by atoms with Crippen molar-refractivity contribution in [3.05, 3.63) is 78.1 Å². The van der Waals surface area contributed by atoms with Crippen LogP contribution in [0.1, 0.15) is 31.4 Å². The number of carbonyl (C=O) groups excluding carboxylic acids is 3. The van der Waals surface area contributed by atoms with E-state index < -0.39 is 6.04 Å². The second-order valence-corrected chi connectivity index (χ2v) is 8.32. The maximum Gasteiger partial charge on any atom is 0.242 e. The van der Waals surface area contributed by atoms with E-state index in [1.54, 1.807) is 12.4 Å². The molecule has 1 unspecified atom stereocenters. The van der Waals surface area contributed by atoms with Crippen LogP contribution < -0.4 is 16.0 Å². The number of amides is 3. The lowest BCUT2D eigenvalue weighted by atomic mass is 10.0. The van der Waals surface area contributed by atoms with Crippen molar-refractivity contribution in [2.24, 2.45) is 5.92 Å². The molecule has 172 valence electrons. The van der Waals surface area contributed by atoms with Crippen LogP contribution in [-0.2, 0) is 27.3 Å². The fraction of sp³-hybridized carbons (Fsp3) is 0.308. The number of aromatic nitrogens is 1. The highest BCUT2D eigenvalue weighted by molar-refractivity contribution is 5.90. The second-order valence-electron chi connectivity index (χ2n) is 8.32. The highest BCUT2D eigenvalue weighted by atomic mass is 16.2. The Hall–Kier alpha value is -3.74. The summed E-state index contributed by atoms with van der Waals surface area (Å²) in [6, 6.07) is 16.9. The molecule has 1 aromatic heterocycles. The maximum atomic E-state index is 12.6. The summed E-state index contributed by atoms with van der Waals surface area (Å²) in [6.07, 6.45) is 3.69. The van der Waals surface area contributed by atoms with Crippen LogP contribution in [0.4, 0.5) is 0 Å². The Morgan fingerprint density at radius 1 is 0.848 bits per heavy atom. The number of benzene rings is 2. The van der Waals surface area contributed by atoms with Gasteiger partial charge in [-0.3, -0.25) is 19.4 Å². The predicted molar refractivity (Wildman–Crippen MR) is 128 cm³/mol. The molecule has 0 spiro atoms. The lowest BCUT2D eigenvalue weighted by molar-refractivity contribution is -0.130. The van der Waals surface area contributed by atoms with Gasteiger partial charge in [0.05, 0.1) is 6.42 Å². The summed E-state index contributed by atoms with van der Waals surface area (Å²) in [5, 5.41) is 10.6. The van der Waals surface area contributed by atoms with Crippen LogP contribution in [0.3, 0.4) is 0 Å². The Balaban J connectivity index is 1.45. The van der Waals surface area contributed by atoms with Gasteiger partial charge in [-0.15, -0.1) is 0 Å². The standard InChI is InChI=1S/C26H30N4O3/c1-18(2)25(26(33)28-14-11-23(31)29-17-19-9-12-27-13-10-19)30-24(32)16-20-7-8-21-5-3-4-6-22(21)15-20/h3-10,12-13,15,18,25H,11,14,16-17H2,1-2H3,(H,28,33)(H,29,31)(H,30,32). The van der Waals surface area contributed by atoms with Crippen molar-refractivity contribution in [3.8, 4) is 0 Å². The van der Waals surface area contributed by atoms with Crippen molar-refractivity contribution in [1.29, 1.82) is 0 Å². The van der Waals surface area contributed by atoms with E-state index in [1.165, 1.54) is 0 Å². The van der Waals surface area contributed by atoms with E-state index in [1.807, 2.05) is 68.4 Å². The summed E-state index contributed by atoms with van der Waals surface area (Å²) in [7, 11) is 0. The third-order valence-corrected chi connectivity index (χ3v) is 5.33. The zero-order valence-corrected chi connectivity index (χ0v) is 19.0. The molecule has 7 heteroatoms. The summed E-state index contributed by atoms with van der Waals surface area (Å²) in [6.45, 7) is 4.36. The molecule has 1 atom stereocenters. The number of rotatable bonds is 10. The topological polar surface area (TPSA) is 100 Å². The molecule has 0 saturated heterocycles. The first-order valence-electron chi connectivity index (χ1n) is 11.1. The maximum absolute atomic E-state index is 12.6. The van der Waals surface area contributed by atoms with Crippen molar-refractivity contribution in [2.75, 3.05) is 6.54 Å². The lowest BCUT2D eigenvalue weighted by Crippen LogP contribution is -2.50. The van der Waals surface area contributed by atoms with Gasteiger partial charge in [0, 0.05) is 31.9 Å². The molecule has 0 radical (unpaired) electrons. The molecule has 3 aromatic rings. The van der Waals surface area contributed by atoms with Gasteiger partial charge >= 0.3 is 0 Å². The van der Waals surface area contributed by atoms with Gasteiger partial charge in [-0.2, -0.15) is 0 Å². The molecule has 7 nitrogen and oxygen atoms in total. The fourth-order valence-electron chi connectivity index (χ4n) is 3.49. The monoisotopic (exact) mass is 446 g/mol. The zero-order valence-electron chi connectivity index (χ0n) is 19.0. The minimum Gasteiger partial charge on any atom is -0.354 e. The molecule has 1 heterocycles. The van der Waals surface area contributed by atoms with E-state index in [9.17, 15) is 14.4 Å². The summed E-state index contributed by atoms with van der Waals surface area (Å²) < 4.78 is 0. The van der Waals surface area contributed by atoms with Crippen LogP contribution in [0.15, 0.2) is 67.0 Å². The molecule has 3 amide bonds. The van der Waals surface area contributed by atoms with E-state index >= 15 is 0 Å². The predicted octanol–water partition coefficient (Wildman–Crippen LogP) is 2.74. The molecule has 33 heavy (non-hydrogen) atoms. The van der Waals surface area contributed by atoms with Crippen molar-refractivity contribution >= 4 is 28.5 Å². The number of nitrogens with one attached hydrogen (secondary N) is 3. The molecule has 3 rings (SSSR count). The number of hydrogen-bond donors (Lipinski definition) is 3. The zero-order chi connectivity index (χ0) is 23.6. The Bertz CT molecular complexity index is 1100. The van der Waals surface area contributed by atoms with E-state index in [0.717, 1.165) is 21.9 Å². The normalized spacial score (nSPS) is 11.7. The number of nitrogens with zero attached hydrogens (tertiary/aromatic N) is 1. The third-order valence-electron chi connectivity index (χ3n) is 5.33. The molecule has 0 fully saturated rings. The van der Waals surface area contributed by atoms with Gasteiger partial charge in [0.1, 0.15) is 6.04 Å². The molecule has 0 aliphatic heterocycles. The van der Waals surface area contributed by atoms with Gasteiger partial charge in [0.2, 0.25) is 17.7 Å². The Morgan fingerprint density at radius 2 is 1.58 bits per heavy atom. The quantitative estimate of drug-likeness (QED) is 0.446. The molecule has 0 saturated carbocycles. The van der Waals surface area contributed by atoms with Crippen LogP contribution in [-0.4, -0.2) is 35.3 Å². The highest BCUT2D eigenvalue weighted by Crippen LogP contribution is 2.16. The number of carbonyl (C=O) groups is 3. The molecular formula is C26H30N4O3. The van der Waals surface area contributed by atoms with Crippen molar-refractivity contribution in [3.63, 3.8) is 0 Å². The van der Waals surface area contributed by atoms with E-state index in [0.29, 0.717) is 6.54 Å². The van der Waals surface area contributed by atoms with Gasteiger partial charge in [0.15, 0.2) is 0 Å². The van der Waals surface area contributed by atoms with Crippen molar-refractivity contribution < 1.29 is 14.4 Å². The summed E-state index contributed by atoms with van der Waals surface area (Å²) in [4.78, 5) is 41.2. The summed E-state index contributed by atoms with van der Waals surface area (Å²) in [5.41, 5.74) is 1.84. The lowest BCUT2D eigenvalue weighted by Gasteiger charge is -2.22. The SMILES string of the molecule is CC(C)C(NC(=O)Cc1ccc2ccccc2c1)C(=O)NCCC(=O)NCc1ccncc1. The second kappa shape index (κ2) is 11.8. The minimum atomic E-state index is -0.669. The number of fused-ring (bicyclic) bond motifs is 1. The molecule has 0 aliphatic rings. The van der Waals surface area contributed by atoms with Crippen LogP contribution in [0.25, 0.3) is 10.8 Å². The van der Waals surface area contributed by atoms with Crippen molar-refractivity contribution in [2.45, 2.75) is 39.3 Å². The largest absolute Gasteiger partial charge is 0.354 e. The molecule has 0 bridgehead atoms. The number of pyridine rings is 1. The summed E-state index contributed by atoms with van der Waals surface area (Å²) >= 11 is 0. The van der Waals surface area contributed by atoms with Crippen LogP contribution in [0.2, 0.25) is 0 Å². The molecule has 0 aliphatic carbocycles. The fourth-order valence-corrected chi connectivity index (χ4v) is 3.49. The van der Waals surface area contributed by atoms with Crippen molar-refractivity contribution in [1.82, 2.24) is 20.9 Å². The first-order chi connectivity index (χ1) is 15.9. The Morgan fingerprint density at radius 3 is 2.30 bits per heavy atom. The van der Waals surface area contributed by atoms with Gasteiger partial charge in [-0.1, -0.05) is 56.3 Å². The first-order valence-corrected chi connectivity index (χ1v) is 11.1. The van der Waals surface area contributed by atoms with E-state index in [-0.39, 0.29) is 43.0 Å². The minimum absolute atomic E-state index is 0.0916. The van der Waals surface area contributed by atoms with E-state index in [4.69, 9.17) is 0 Å². The Kier molecular flexibility index (Phi) is 8.52. The third kappa shape index (κ3) is 7.42. The molecule has 3 N–H and O–H groups in total. The van der Waals surface area contributed by atoms with Gasteiger partial charge in [-0.25, -0.2) is 0 Å². The van der Waals surface area contributed by atoms with E-state index in [2.05, 4.69) is 20.9 Å². The average molecular weight is 447 g/mol. The van der Waals surface area contributed by atoms with Gasteiger partial charge < -0.3 is 16.0 Å². The first kappa shape index (κ1) is 23.9. The van der Waals surface area contributed by atoms with Crippen LogP contribution in [0, 0.1) is 5.92 Å². The van der Waals surface area contributed by atoms with Gasteiger partial charge in [0.25, 0.3) is 0 Å².